The summed E-state index contributed by atoms with van der Waals surface area (Å²) in [6.45, 7) is 1.25. The number of benzene rings is 3. The van der Waals surface area contributed by atoms with E-state index in [4.69, 9.17) is 9.47 Å². The molecule has 1 amide bonds. The quantitative estimate of drug-likeness (QED) is 0.588. The van der Waals surface area contributed by atoms with Gasteiger partial charge in [0.25, 0.3) is 5.91 Å². The molecule has 0 unspecified atom stereocenters. The lowest BCUT2D eigenvalue weighted by Gasteiger charge is -2.08. The molecule has 30 heavy (non-hydrogen) atoms. The van der Waals surface area contributed by atoms with Gasteiger partial charge in [0.2, 0.25) is 0 Å². The number of amides is 1. The van der Waals surface area contributed by atoms with Crippen molar-refractivity contribution in [2.45, 2.75) is 19.6 Å². The average Bonchev–Trinajstić information content (AvgIpc) is 3.44. The lowest BCUT2D eigenvalue weighted by atomic mass is 10.1. The van der Waals surface area contributed by atoms with Crippen molar-refractivity contribution >= 4 is 17.2 Å². The SMILES string of the molecule is O=C(Nc1ccc2c(c1)COC2)C1=CC(c2cccc(Oc3ccccc3)c2)=CC1. The van der Waals surface area contributed by atoms with Crippen LogP contribution in [0.15, 0.2) is 90.5 Å². The van der Waals surface area contributed by atoms with Gasteiger partial charge in [-0.2, -0.15) is 0 Å². The van der Waals surface area contributed by atoms with E-state index in [2.05, 4.69) is 11.4 Å². The number of carbonyl (C=O) groups excluding carboxylic acids is 1. The number of allylic oxidation sites excluding steroid dienone is 3. The van der Waals surface area contributed by atoms with Gasteiger partial charge in [0, 0.05) is 11.3 Å². The van der Waals surface area contributed by atoms with Gasteiger partial charge in [-0.05, 0) is 71.2 Å². The van der Waals surface area contributed by atoms with Crippen molar-refractivity contribution in [3.63, 3.8) is 0 Å². The molecule has 1 aliphatic heterocycles. The van der Waals surface area contributed by atoms with E-state index < -0.39 is 0 Å². The molecule has 3 aromatic rings. The summed E-state index contributed by atoms with van der Waals surface area (Å²) in [6.07, 6.45) is 4.64. The van der Waals surface area contributed by atoms with E-state index >= 15 is 0 Å². The van der Waals surface area contributed by atoms with Crippen LogP contribution in [-0.4, -0.2) is 5.91 Å². The zero-order valence-electron chi connectivity index (χ0n) is 16.4. The van der Waals surface area contributed by atoms with Crippen LogP contribution in [0.2, 0.25) is 0 Å². The van der Waals surface area contributed by atoms with Gasteiger partial charge >= 0.3 is 0 Å². The Kier molecular flexibility index (Phi) is 4.91. The molecule has 0 aromatic heterocycles. The molecular weight excluding hydrogens is 374 g/mol. The minimum absolute atomic E-state index is 0.0724. The monoisotopic (exact) mass is 395 g/mol. The largest absolute Gasteiger partial charge is 0.457 e. The second-order valence-corrected chi connectivity index (χ2v) is 7.41. The summed E-state index contributed by atoms with van der Waals surface area (Å²) < 4.78 is 11.4. The van der Waals surface area contributed by atoms with Gasteiger partial charge in [-0.1, -0.05) is 42.5 Å². The fraction of sp³-hybridized carbons (Fsp3) is 0.115. The van der Waals surface area contributed by atoms with E-state index in [1.54, 1.807) is 0 Å². The summed E-state index contributed by atoms with van der Waals surface area (Å²) in [6, 6.07) is 23.6. The van der Waals surface area contributed by atoms with Crippen molar-refractivity contribution in [1.29, 1.82) is 0 Å². The number of nitrogens with one attached hydrogen (secondary N) is 1. The fourth-order valence-corrected chi connectivity index (χ4v) is 3.71. The molecule has 1 heterocycles. The highest BCUT2D eigenvalue weighted by atomic mass is 16.5. The summed E-state index contributed by atoms with van der Waals surface area (Å²) in [7, 11) is 0. The number of fused-ring (bicyclic) bond motifs is 1. The molecule has 5 rings (SSSR count). The minimum atomic E-state index is -0.0724. The Morgan fingerprint density at radius 2 is 1.70 bits per heavy atom. The summed E-state index contributed by atoms with van der Waals surface area (Å²) in [5.74, 6) is 1.49. The minimum Gasteiger partial charge on any atom is -0.457 e. The third-order valence-electron chi connectivity index (χ3n) is 5.29. The molecule has 0 saturated carbocycles. The maximum absolute atomic E-state index is 12.7. The summed E-state index contributed by atoms with van der Waals surface area (Å²) in [5.41, 5.74) is 5.94. The first-order chi connectivity index (χ1) is 14.7. The molecule has 0 bridgehead atoms. The molecule has 0 fully saturated rings. The van der Waals surface area contributed by atoms with Crippen LogP contribution in [-0.2, 0) is 22.7 Å². The van der Waals surface area contributed by atoms with E-state index in [1.807, 2.05) is 78.9 Å². The van der Waals surface area contributed by atoms with Gasteiger partial charge in [-0.25, -0.2) is 0 Å². The molecule has 1 aliphatic carbocycles. The number of hydrogen-bond acceptors (Lipinski definition) is 3. The van der Waals surface area contributed by atoms with Crippen LogP contribution in [0.5, 0.6) is 11.5 Å². The molecule has 0 atom stereocenters. The average molecular weight is 395 g/mol. The lowest BCUT2D eigenvalue weighted by molar-refractivity contribution is -0.112. The van der Waals surface area contributed by atoms with E-state index in [0.29, 0.717) is 19.6 Å². The smallest absolute Gasteiger partial charge is 0.251 e. The molecule has 0 radical (unpaired) electrons. The predicted molar refractivity (Wildman–Crippen MR) is 117 cm³/mol. The van der Waals surface area contributed by atoms with Crippen LogP contribution >= 0.6 is 0 Å². The van der Waals surface area contributed by atoms with Crippen LogP contribution < -0.4 is 10.1 Å². The maximum Gasteiger partial charge on any atom is 0.251 e. The number of carbonyl (C=O) groups is 1. The molecule has 0 saturated heterocycles. The van der Waals surface area contributed by atoms with Crippen molar-refractivity contribution in [3.05, 3.63) is 107 Å². The summed E-state index contributed by atoms with van der Waals surface area (Å²) in [5, 5.41) is 3.01. The third kappa shape index (κ3) is 3.91. The number of hydrogen-bond donors (Lipinski definition) is 1. The van der Waals surface area contributed by atoms with Gasteiger partial charge in [-0.3, -0.25) is 4.79 Å². The van der Waals surface area contributed by atoms with Crippen LogP contribution in [0.3, 0.4) is 0 Å². The van der Waals surface area contributed by atoms with E-state index in [9.17, 15) is 4.79 Å². The van der Waals surface area contributed by atoms with Crippen LogP contribution in [0.4, 0.5) is 5.69 Å². The van der Waals surface area contributed by atoms with Crippen LogP contribution in [0.25, 0.3) is 5.57 Å². The van der Waals surface area contributed by atoms with Crippen molar-refractivity contribution < 1.29 is 14.3 Å². The zero-order chi connectivity index (χ0) is 20.3. The lowest BCUT2D eigenvalue weighted by Crippen LogP contribution is -2.13. The van der Waals surface area contributed by atoms with Gasteiger partial charge in [0.1, 0.15) is 11.5 Å². The highest BCUT2D eigenvalue weighted by Crippen LogP contribution is 2.31. The molecule has 2 aliphatic rings. The summed E-state index contributed by atoms with van der Waals surface area (Å²) >= 11 is 0. The van der Waals surface area contributed by atoms with Crippen molar-refractivity contribution in [2.24, 2.45) is 0 Å². The van der Waals surface area contributed by atoms with Gasteiger partial charge in [-0.15, -0.1) is 0 Å². The van der Waals surface area contributed by atoms with E-state index in [1.165, 1.54) is 5.56 Å². The van der Waals surface area contributed by atoms with Crippen LogP contribution in [0, 0.1) is 0 Å². The van der Waals surface area contributed by atoms with Gasteiger partial charge in [0.15, 0.2) is 0 Å². The number of anilines is 1. The highest BCUT2D eigenvalue weighted by Gasteiger charge is 2.17. The fourth-order valence-electron chi connectivity index (χ4n) is 3.71. The molecule has 148 valence electrons. The Balaban J connectivity index is 1.28. The Bertz CT molecular complexity index is 1160. The number of para-hydroxylation sites is 1. The second-order valence-electron chi connectivity index (χ2n) is 7.41. The second kappa shape index (κ2) is 8.01. The molecule has 3 aromatic carbocycles. The standard InChI is InChI=1S/C26H21NO3/c28-26(27-23-12-11-21-16-29-17-22(21)14-23)20-10-9-19(13-20)18-5-4-8-25(15-18)30-24-6-2-1-3-7-24/h1-9,11-15H,10,16-17H2,(H,27,28). The molecule has 0 spiro atoms. The molecular formula is C26H21NO3. The number of rotatable bonds is 5. The third-order valence-corrected chi connectivity index (χ3v) is 5.29. The Morgan fingerprint density at radius 1 is 0.867 bits per heavy atom. The first kappa shape index (κ1) is 18.4. The molecule has 4 heteroatoms. The van der Waals surface area contributed by atoms with Crippen molar-refractivity contribution in [3.8, 4) is 11.5 Å². The van der Waals surface area contributed by atoms with Crippen LogP contribution in [0.1, 0.15) is 23.1 Å². The van der Waals surface area contributed by atoms with Crippen molar-refractivity contribution in [2.75, 3.05) is 5.32 Å². The topological polar surface area (TPSA) is 47.6 Å². The van der Waals surface area contributed by atoms with E-state index in [-0.39, 0.29) is 5.91 Å². The maximum atomic E-state index is 12.7. The molecule has 4 nitrogen and oxygen atoms in total. The first-order valence-corrected chi connectivity index (χ1v) is 9.99. The Morgan fingerprint density at radius 3 is 2.60 bits per heavy atom. The van der Waals surface area contributed by atoms with Gasteiger partial charge in [0.05, 0.1) is 13.2 Å². The highest BCUT2D eigenvalue weighted by molar-refractivity contribution is 6.07. The number of ether oxygens (including phenoxy) is 2. The summed E-state index contributed by atoms with van der Waals surface area (Å²) in [4.78, 5) is 12.7. The first-order valence-electron chi connectivity index (χ1n) is 9.99. The Labute approximate surface area is 175 Å². The van der Waals surface area contributed by atoms with Gasteiger partial charge < -0.3 is 14.8 Å². The molecule has 1 N–H and O–H groups in total. The van der Waals surface area contributed by atoms with Crippen molar-refractivity contribution in [1.82, 2.24) is 0 Å². The predicted octanol–water partition coefficient (Wildman–Crippen LogP) is 5.86. The Hall–Kier alpha value is -3.63. The normalized spacial score (nSPS) is 14.7. The zero-order valence-corrected chi connectivity index (χ0v) is 16.4. The van der Waals surface area contributed by atoms with E-state index in [0.717, 1.165) is 39.5 Å².